The SMILES string of the molecule is CC(C)(C)[C@@H]1CCc2c(sc3nc[nH]c(=S)c23)C1. The molecule has 1 aliphatic rings. The van der Waals surface area contributed by atoms with E-state index in [2.05, 4.69) is 30.7 Å². The molecule has 1 aliphatic carbocycles. The number of aromatic nitrogens is 2. The molecule has 0 saturated heterocycles. The van der Waals surface area contributed by atoms with Gasteiger partial charge in [0.2, 0.25) is 0 Å². The monoisotopic (exact) mass is 278 g/mol. The first-order chi connectivity index (χ1) is 8.47. The highest BCUT2D eigenvalue weighted by atomic mass is 32.1. The van der Waals surface area contributed by atoms with Crippen molar-refractivity contribution in [1.82, 2.24) is 9.97 Å². The molecule has 0 radical (unpaired) electrons. The predicted octanol–water partition coefficient (Wildman–Crippen LogP) is 4.50. The summed E-state index contributed by atoms with van der Waals surface area (Å²) in [7, 11) is 0. The highest BCUT2D eigenvalue weighted by Crippen LogP contribution is 2.42. The Morgan fingerprint density at radius 1 is 1.44 bits per heavy atom. The van der Waals surface area contributed by atoms with Gasteiger partial charge in [0.05, 0.1) is 6.33 Å². The number of thiophene rings is 1. The summed E-state index contributed by atoms with van der Waals surface area (Å²) >= 11 is 7.24. The predicted molar refractivity (Wildman–Crippen MR) is 79.8 cm³/mol. The number of aryl methyl sites for hydroxylation is 1. The van der Waals surface area contributed by atoms with Gasteiger partial charge in [0.15, 0.2) is 0 Å². The van der Waals surface area contributed by atoms with E-state index in [0.717, 1.165) is 21.8 Å². The first-order valence-electron chi connectivity index (χ1n) is 6.45. The van der Waals surface area contributed by atoms with Gasteiger partial charge in [0, 0.05) is 10.3 Å². The van der Waals surface area contributed by atoms with E-state index in [4.69, 9.17) is 12.2 Å². The van der Waals surface area contributed by atoms with Gasteiger partial charge in [-0.25, -0.2) is 4.98 Å². The second-order valence-corrected chi connectivity index (χ2v) is 7.71. The van der Waals surface area contributed by atoms with Gasteiger partial charge in [-0.1, -0.05) is 33.0 Å². The first kappa shape index (κ1) is 12.3. The van der Waals surface area contributed by atoms with E-state index in [1.54, 1.807) is 6.33 Å². The number of H-pyrrole nitrogens is 1. The zero-order valence-corrected chi connectivity index (χ0v) is 12.7. The van der Waals surface area contributed by atoms with Gasteiger partial charge < -0.3 is 4.98 Å². The minimum atomic E-state index is 0.393. The van der Waals surface area contributed by atoms with E-state index in [1.165, 1.54) is 28.7 Å². The molecule has 0 aromatic carbocycles. The van der Waals surface area contributed by atoms with Gasteiger partial charge in [-0.15, -0.1) is 11.3 Å². The Kier molecular flexibility index (Phi) is 2.83. The Morgan fingerprint density at radius 2 is 2.22 bits per heavy atom. The zero-order valence-electron chi connectivity index (χ0n) is 11.0. The summed E-state index contributed by atoms with van der Waals surface area (Å²) in [5.41, 5.74) is 1.86. The Balaban J connectivity index is 2.11. The summed E-state index contributed by atoms with van der Waals surface area (Å²) in [6.07, 6.45) is 5.33. The summed E-state index contributed by atoms with van der Waals surface area (Å²) in [4.78, 5) is 10.1. The lowest BCUT2D eigenvalue weighted by Crippen LogP contribution is -2.26. The van der Waals surface area contributed by atoms with Gasteiger partial charge >= 0.3 is 0 Å². The van der Waals surface area contributed by atoms with E-state index in [-0.39, 0.29) is 0 Å². The van der Waals surface area contributed by atoms with Crippen molar-refractivity contribution in [2.45, 2.75) is 40.0 Å². The van der Waals surface area contributed by atoms with Crippen molar-refractivity contribution in [3.8, 4) is 0 Å². The maximum absolute atomic E-state index is 5.41. The van der Waals surface area contributed by atoms with Crippen LogP contribution in [-0.4, -0.2) is 9.97 Å². The fourth-order valence-electron chi connectivity index (χ4n) is 2.86. The molecule has 2 nitrogen and oxygen atoms in total. The van der Waals surface area contributed by atoms with Gasteiger partial charge in [0.1, 0.15) is 9.47 Å². The van der Waals surface area contributed by atoms with Crippen LogP contribution in [0, 0.1) is 16.0 Å². The highest BCUT2D eigenvalue weighted by molar-refractivity contribution is 7.71. The molecule has 2 heterocycles. The molecular weight excluding hydrogens is 260 g/mol. The lowest BCUT2D eigenvalue weighted by Gasteiger charge is -2.33. The minimum absolute atomic E-state index is 0.393. The molecule has 0 fully saturated rings. The number of nitrogens with one attached hydrogen (secondary N) is 1. The smallest absolute Gasteiger partial charge is 0.128 e. The van der Waals surface area contributed by atoms with E-state index in [0.29, 0.717) is 5.41 Å². The van der Waals surface area contributed by atoms with Crippen LogP contribution in [0.2, 0.25) is 0 Å². The Hall–Kier alpha value is -0.740. The first-order valence-corrected chi connectivity index (χ1v) is 7.67. The van der Waals surface area contributed by atoms with Crippen LogP contribution in [0.1, 0.15) is 37.6 Å². The summed E-state index contributed by atoms with van der Waals surface area (Å²) in [5.74, 6) is 0.774. The van der Waals surface area contributed by atoms with Crippen LogP contribution in [0.5, 0.6) is 0 Å². The molecule has 0 amide bonds. The van der Waals surface area contributed by atoms with E-state index in [9.17, 15) is 0 Å². The third-order valence-corrected chi connectivity index (χ3v) is 5.56. The second-order valence-electron chi connectivity index (χ2n) is 6.22. The average Bonchev–Trinajstić information content (AvgIpc) is 2.66. The van der Waals surface area contributed by atoms with Gasteiger partial charge in [-0.2, -0.15) is 0 Å². The standard InChI is InChI=1S/C14H18N2S2/c1-14(2,3)8-4-5-9-10(6-8)18-13-11(9)12(17)15-7-16-13/h7-8H,4-6H2,1-3H3,(H,15,16,17)/t8-/m1/s1. The molecule has 1 atom stereocenters. The van der Waals surface area contributed by atoms with Crippen molar-refractivity contribution in [3.05, 3.63) is 21.4 Å². The van der Waals surface area contributed by atoms with Crippen LogP contribution >= 0.6 is 23.6 Å². The molecule has 0 spiro atoms. The highest BCUT2D eigenvalue weighted by Gasteiger charge is 2.31. The molecule has 18 heavy (non-hydrogen) atoms. The largest absolute Gasteiger partial charge is 0.337 e. The van der Waals surface area contributed by atoms with Gasteiger partial charge in [-0.05, 0) is 36.2 Å². The van der Waals surface area contributed by atoms with E-state index in [1.807, 2.05) is 11.3 Å². The number of aromatic amines is 1. The number of fused-ring (bicyclic) bond motifs is 3. The minimum Gasteiger partial charge on any atom is -0.337 e. The number of hydrogen-bond donors (Lipinski definition) is 1. The average molecular weight is 278 g/mol. The summed E-state index contributed by atoms with van der Waals surface area (Å²) in [5, 5.41) is 1.21. The molecule has 4 heteroatoms. The second kappa shape index (κ2) is 4.14. The molecule has 3 rings (SSSR count). The lowest BCUT2D eigenvalue weighted by molar-refractivity contribution is 0.218. The van der Waals surface area contributed by atoms with Crippen LogP contribution in [0.25, 0.3) is 10.2 Å². The molecule has 96 valence electrons. The van der Waals surface area contributed by atoms with Crippen molar-refractivity contribution < 1.29 is 0 Å². The third kappa shape index (κ3) is 1.91. The van der Waals surface area contributed by atoms with Crippen LogP contribution < -0.4 is 0 Å². The molecule has 2 aromatic heterocycles. The quantitative estimate of drug-likeness (QED) is 0.719. The van der Waals surface area contributed by atoms with Gasteiger partial charge in [-0.3, -0.25) is 0 Å². The topological polar surface area (TPSA) is 28.7 Å². The third-order valence-electron chi connectivity index (χ3n) is 4.08. The van der Waals surface area contributed by atoms with Crippen molar-refractivity contribution >= 4 is 33.8 Å². The fourth-order valence-corrected chi connectivity index (χ4v) is 4.47. The maximum Gasteiger partial charge on any atom is 0.128 e. The summed E-state index contributed by atoms with van der Waals surface area (Å²) in [6, 6.07) is 0. The zero-order chi connectivity index (χ0) is 12.9. The summed E-state index contributed by atoms with van der Waals surface area (Å²) < 4.78 is 0.853. The number of nitrogens with zero attached hydrogens (tertiary/aromatic N) is 1. The molecule has 0 saturated carbocycles. The summed E-state index contributed by atoms with van der Waals surface area (Å²) in [6.45, 7) is 7.04. The normalized spacial score (nSPS) is 20.1. The molecular formula is C14H18N2S2. The van der Waals surface area contributed by atoms with Crippen molar-refractivity contribution in [2.75, 3.05) is 0 Å². The van der Waals surface area contributed by atoms with Gasteiger partial charge in [0.25, 0.3) is 0 Å². The molecule has 2 aromatic rings. The van der Waals surface area contributed by atoms with Crippen molar-refractivity contribution in [3.63, 3.8) is 0 Å². The Bertz CT molecular complexity index is 646. The lowest BCUT2D eigenvalue weighted by atomic mass is 9.72. The van der Waals surface area contributed by atoms with Crippen molar-refractivity contribution in [2.24, 2.45) is 11.3 Å². The van der Waals surface area contributed by atoms with Crippen LogP contribution in [0.3, 0.4) is 0 Å². The molecule has 1 N–H and O–H groups in total. The number of hydrogen-bond acceptors (Lipinski definition) is 3. The number of rotatable bonds is 0. The Morgan fingerprint density at radius 3 is 2.94 bits per heavy atom. The fraction of sp³-hybridized carbons (Fsp3) is 0.571. The maximum atomic E-state index is 5.41. The molecule has 0 aliphatic heterocycles. The van der Waals surface area contributed by atoms with Crippen LogP contribution in [-0.2, 0) is 12.8 Å². The van der Waals surface area contributed by atoms with E-state index < -0.39 is 0 Å². The molecule has 0 unspecified atom stereocenters. The molecule has 0 bridgehead atoms. The Labute approximate surface area is 116 Å². The van der Waals surface area contributed by atoms with E-state index >= 15 is 0 Å². The van der Waals surface area contributed by atoms with Crippen LogP contribution in [0.4, 0.5) is 0 Å². The van der Waals surface area contributed by atoms with Crippen LogP contribution in [0.15, 0.2) is 6.33 Å². The van der Waals surface area contributed by atoms with Crippen molar-refractivity contribution in [1.29, 1.82) is 0 Å².